The van der Waals surface area contributed by atoms with Crippen LogP contribution in [0.15, 0.2) is 23.1 Å². The van der Waals surface area contributed by atoms with Gasteiger partial charge in [-0.05, 0) is 25.1 Å². The molecule has 1 atom stereocenters. The lowest BCUT2D eigenvalue weighted by Gasteiger charge is -2.12. The minimum Gasteiger partial charge on any atom is -0.491 e. The van der Waals surface area contributed by atoms with Gasteiger partial charge < -0.3 is 14.8 Å². The van der Waals surface area contributed by atoms with Crippen LogP contribution in [0.1, 0.15) is 18.5 Å². The van der Waals surface area contributed by atoms with Gasteiger partial charge in [-0.3, -0.25) is 4.79 Å². The summed E-state index contributed by atoms with van der Waals surface area (Å²) < 4.78 is 33.1. The molecule has 1 amide bonds. The van der Waals surface area contributed by atoms with E-state index in [-0.39, 0.29) is 24.0 Å². The lowest BCUT2D eigenvalue weighted by molar-refractivity contribution is -0.126. The zero-order valence-electron chi connectivity index (χ0n) is 11.0. The molecule has 1 unspecified atom stereocenters. The summed E-state index contributed by atoms with van der Waals surface area (Å²) in [6.45, 7) is 2.44. The van der Waals surface area contributed by atoms with Gasteiger partial charge in [0, 0.05) is 12.2 Å². The molecule has 0 saturated carbocycles. The van der Waals surface area contributed by atoms with Gasteiger partial charge in [0.2, 0.25) is 15.9 Å². The monoisotopic (exact) mass is 300 g/mol. The normalized spacial score (nSPS) is 17.4. The van der Waals surface area contributed by atoms with Gasteiger partial charge in [-0.2, -0.15) is 0 Å². The highest BCUT2D eigenvalue weighted by molar-refractivity contribution is 7.89. The van der Waals surface area contributed by atoms with Gasteiger partial charge in [0.05, 0.1) is 10.9 Å². The number of fused-ring (bicyclic) bond motifs is 1. The highest BCUT2D eigenvalue weighted by atomic mass is 32.2. The van der Waals surface area contributed by atoms with Crippen LogP contribution in [-0.4, -0.2) is 34.1 Å². The van der Waals surface area contributed by atoms with Crippen LogP contribution >= 0.6 is 0 Å². The van der Waals surface area contributed by atoms with Crippen molar-refractivity contribution in [3.63, 3.8) is 0 Å². The van der Waals surface area contributed by atoms with E-state index in [4.69, 9.17) is 14.6 Å². The fraction of sp³-hybridized carbons (Fsp3) is 0.417. The third kappa shape index (κ3) is 3.27. The first-order valence-electron chi connectivity index (χ1n) is 6.08. The molecule has 1 aromatic rings. The molecule has 1 aromatic carbocycles. The maximum absolute atomic E-state index is 11.6. The van der Waals surface area contributed by atoms with Crippen LogP contribution in [0.3, 0.4) is 0 Å². The molecule has 110 valence electrons. The summed E-state index contributed by atoms with van der Waals surface area (Å²) in [7, 11) is -3.78. The second-order valence-electron chi connectivity index (χ2n) is 4.31. The van der Waals surface area contributed by atoms with Crippen molar-refractivity contribution < 1.29 is 22.7 Å². The second-order valence-corrected chi connectivity index (χ2v) is 5.87. The molecule has 0 fully saturated rings. The number of hydrogen-bond donors (Lipinski definition) is 2. The van der Waals surface area contributed by atoms with E-state index in [2.05, 4.69) is 5.32 Å². The van der Waals surface area contributed by atoms with Crippen LogP contribution < -0.4 is 15.2 Å². The molecule has 0 radical (unpaired) electrons. The number of primary sulfonamides is 1. The van der Waals surface area contributed by atoms with Gasteiger partial charge in [-0.1, -0.05) is 0 Å². The first kappa shape index (κ1) is 14.8. The lowest BCUT2D eigenvalue weighted by Crippen LogP contribution is -2.32. The van der Waals surface area contributed by atoms with Crippen LogP contribution in [0.5, 0.6) is 5.75 Å². The van der Waals surface area contributed by atoms with Crippen LogP contribution in [0.25, 0.3) is 0 Å². The average Bonchev–Trinajstić information content (AvgIpc) is 2.78. The third-order valence-electron chi connectivity index (χ3n) is 2.86. The SMILES string of the molecule is CCOCC(=O)NC1COc2ccc(S(N)(=O)=O)cc21. The number of carbonyl (C=O) groups excluding carboxylic acids is 1. The molecule has 0 spiro atoms. The first-order chi connectivity index (χ1) is 9.41. The maximum atomic E-state index is 11.6. The van der Waals surface area contributed by atoms with Gasteiger partial charge in [0.1, 0.15) is 19.0 Å². The number of sulfonamides is 1. The van der Waals surface area contributed by atoms with E-state index in [1.54, 1.807) is 6.92 Å². The highest BCUT2D eigenvalue weighted by Crippen LogP contribution is 2.33. The topological polar surface area (TPSA) is 108 Å². The summed E-state index contributed by atoms with van der Waals surface area (Å²) in [4.78, 5) is 11.6. The Bertz CT molecular complexity index is 614. The lowest BCUT2D eigenvalue weighted by atomic mass is 10.1. The number of nitrogens with two attached hydrogens (primary N) is 1. The van der Waals surface area contributed by atoms with Crippen molar-refractivity contribution in [2.45, 2.75) is 17.9 Å². The standard InChI is InChI=1S/C12H16N2O5S/c1-2-18-7-12(15)14-10-6-19-11-4-3-8(5-9(10)11)20(13,16)17/h3-5,10H,2,6-7H2,1H3,(H,14,15)(H2,13,16,17). The zero-order chi connectivity index (χ0) is 14.8. The fourth-order valence-electron chi connectivity index (χ4n) is 1.92. The highest BCUT2D eigenvalue weighted by Gasteiger charge is 2.27. The van der Waals surface area contributed by atoms with Crippen molar-refractivity contribution in [3.05, 3.63) is 23.8 Å². The van der Waals surface area contributed by atoms with E-state index in [1.165, 1.54) is 18.2 Å². The molecule has 0 aromatic heterocycles. The van der Waals surface area contributed by atoms with Gasteiger partial charge in [0.25, 0.3) is 0 Å². The number of carbonyl (C=O) groups is 1. The molecule has 7 nitrogen and oxygen atoms in total. The summed E-state index contributed by atoms with van der Waals surface area (Å²) >= 11 is 0. The maximum Gasteiger partial charge on any atom is 0.246 e. The minimum absolute atomic E-state index is 0.00851. The smallest absolute Gasteiger partial charge is 0.246 e. The van der Waals surface area contributed by atoms with Gasteiger partial charge in [-0.25, -0.2) is 13.6 Å². The van der Waals surface area contributed by atoms with E-state index in [9.17, 15) is 13.2 Å². The number of rotatable bonds is 5. The van der Waals surface area contributed by atoms with Gasteiger partial charge >= 0.3 is 0 Å². The summed E-state index contributed by atoms with van der Waals surface area (Å²) in [6, 6.07) is 3.92. The molecule has 1 aliphatic heterocycles. The number of hydrogen-bond acceptors (Lipinski definition) is 5. The van der Waals surface area contributed by atoms with Crippen molar-refractivity contribution in [2.75, 3.05) is 19.8 Å². The minimum atomic E-state index is -3.78. The summed E-state index contributed by atoms with van der Waals surface area (Å²) in [5.74, 6) is 0.258. The van der Waals surface area contributed by atoms with E-state index in [0.29, 0.717) is 17.9 Å². The largest absolute Gasteiger partial charge is 0.491 e. The number of benzene rings is 1. The predicted molar refractivity (Wildman–Crippen MR) is 70.7 cm³/mol. The summed E-state index contributed by atoms with van der Waals surface area (Å²) in [5.41, 5.74) is 0.598. The number of amides is 1. The van der Waals surface area contributed by atoms with Crippen molar-refractivity contribution >= 4 is 15.9 Å². The molecule has 0 bridgehead atoms. The molecule has 8 heteroatoms. The van der Waals surface area contributed by atoms with Crippen LogP contribution in [-0.2, 0) is 19.6 Å². The molecule has 0 saturated heterocycles. The van der Waals surface area contributed by atoms with Crippen molar-refractivity contribution in [1.82, 2.24) is 5.32 Å². The Hall–Kier alpha value is -1.64. The molecule has 1 heterocycles. The number of nitrogens with one attached hydrogen (secondary N) is 1. The Labute approximate surface area is 117 Å². The van der Waals surface area contributed by atoms with E-state index >= 15 is 0 Å². The van der Waals surface area contributed by atoms with Crippen molar-refractivity contribution in [2.24, 2.45) is 5.14 Å². The van der Waals surface area contributed by atoms with Gasteiger partial charge in [-0.15, -0.1) is 0 Å². The second kappa shape index (κ2) is 5.78. The van der Waals surface area contributed by atoms with Crippen LogP contribution in [0.4, 0.5) is 0 Å². The molecule has 1 aliphatic rings. The fourth-order valence-corrected chi connectivity index (χ4v) is 2.47. The van der Waals surface area contributed by atoms with Crippen LogP contribution in [0.2, 0.25) is 0 Å². The Morgan fingerprint density at radius 1 is 1.55 bits per heavy atom. The zero-order valence-corrected chi connectivity index (χ0v) is 11.8. The molecule has 2 rings (SSSR count). The van der Waals surface area contributed by atoms with Gasteiger partial charge in [0.15, 0.2) is 0 Å². The number of ether oxygens (including phenoxy) is 2. The Balaban J connectivity index is 2.17. The summed E-state index contributed by atoms with van der Waals surface area (Å²) in [5, 5.41) is 7.81. The molecular formula is C12H16N2O5S. The molecular weight excluding hydrogens is 284 g/mol. The Kier molecular flexibility index (Phi) is 4.26. The van der Waals surface area contributed by atoms with E-state index in [1.807, 2.05) is 0 Å². The molecule has 20 heavy (non-hydrogen) atoms. The van der Waals surface area contributed by atoms with Crippen LogP contribution in [0, 0.1) is 0 Å². The Morgan fingerprint density at radius 3 is 2.95 bits per heavy atom. The van der Waals surface area contributed by atoms with Crippen molar-refractivity contribution in [3.8, 4) is 5.75 Å². The third-order valence-corrected chi connectivity index (χ3v) is 3.77. The quantitative estimate of drug-likeness (QED) is 0.791. The molecule has 3 N–H and O–H groups in total. The molecule has 0 aliphatic carbocycles. The summed E-state index contributed by atoms with van der Waals surface area (Å²) in [6.07, 6.45) is 0. The average molecular weight is 300 g/mol. The first-order valence-corrected chi connectivity index (χ1v) is 7.63. The Morgan fingerprint density at radius 2 is 2.30 bits per heavy atom. The van der Waals surface area contributed by atoms with E-state index < -0.39 is 16.1 Å². The van der Waals surface area contributed by atoms with Crippen molar-refractivity contribution in [1.29, 1.82) is 0 Å². The predicted octanol–water partition coefficient (Wildman–Crippen LogP) is -0.0798. The van der Waals surface area contributed by atoms with E-state index in [0.717, 1.165) is 0 Å².